The van der Waals surface area contributed by atoms with Crippen molar-refractivity contribution in [1.82, 2.24) is 5.32 Å². The van der Waals surface area contributed by atoms with E-state index in [0.717, 1.165) is 24.2 Å². The first-order chi connectivity index (χ1) is 12.8. The number of hydrogen-bond donors (Lipinski definition) is 2. The number of carbonyl (C=O) groups excluding carboxylic acids is 2. The number of para-hydroxylation sites is 1. The molecule has 2 rings (SSSR count). The van der Waals surface area contributed by atoms with Crippen LogP contribution in [0, 0.1) is 0 Å². The van der Waals surface area contributed by atoms with Gasteiger partial charge in [0.15, 0.2) is 6.61 Å². The van der Waals surface area contributed by atoms with Crippen LogP contribution in [0.15, 0.2) is 46.0 Å². The molecule has 0 aliphatic heterocycles. The normalized spacial score (nSPS) is 12.2. The zero-order valence-corrected chi connectivity index (χ0v) is 16.7. The summed E-state index contributed by atoms with van der Waals surface area (Å²) in [5, 5.41) is 4.38. The summed E-state index contributed by atoms with van der Waals surface area (Å²) in [5.41, 5.74) is 0.127. The highest BCUT2D eigenvalue weighted by Crippen LogP contribution is 2.23. The molecule has 9 heteroatoms. The van der Waals surface area contributed by atoms with E-state index in [4.69, 9.17) is 4.74 Å². The van der Waals surface area contributed by atoms with Gasteiger partial charge < -0.3 is 10.1 Å². The summed E-state index contributed by atoms with van der Waals surface area (Å²) >= 11 is 1.07. The van der Waals surface area contributed by atoms with Crippen molar-refractivity contribution < 1.29 is 22.7 Å². The number of sulfonamides is 1. The van der Waals surface area contributed by atoms with Crippen molar-refractivity contribution >= 4 is 38.9 Å². The average Bonchev–Trinajstić information content (AvgIpc) is 3.15. The van der Waals surface area contributed by atoms with Crippen molar-refractivity contribution in [2.75, 3.05) is 11.3 Å². The van der Waals surface area contributed by atoms with E-state index in [1.54, 1.807) is 23.6 Å². The fourth-order valence-electron chi connectivity index (χ4n) is 2.39. The Hall–Kier alpha value is -2.39. The zero-order valence-electron chi connectivity index (χ0n) is 15.1. The highest BCUT2D eigenvalue weighted by molar-refractivity contribution is 7.94. The van der Waals surface area contributed by atoms with E-state index in [0.29, 0.717) is 0 Å². The lowest BCUT2D eigenvalue weighted by molar-refractivity contribution is -0.124. The molecule has 1 aromatic heterocycles. The second-order valence-electron chi connectivity index (χ2n) is 5.92. The lowest BCUT2D eigenvalue weighted by atomic mass is 10.2. The molecular weight excluding hydrogens is 388 g/mol. The molecule has 0 fully saturated rings. The van der Waals surface area contributed by atoms with Crippen LogP contribution in [-0.4, -0.2) is 32.9 Å². The van der Waals surface area contributed by atoms with Gasteiger partial charge in [-0.25, -0.2) is 13.2 Å². The Morgan fingerprint density at radius 1 is 1.19 bits per heavy atom. The number of hydrogen-bond acceptors (Lipinski definition) is 6. The Balaban J connectivity index is 2.04. The molecule has 0 bridgehead atoms. The van der Waals surface area contributed by atoms with Gasteiger partial charge in [0.2, 0.25) is 0 Å². The average molecular weight is 411 g/mol. The SMILES string of the molecule is CCC[C@H](C)NC(=O)COC(=O)c1ccccc1NS(=O)(=O)c1cccs1. The van der Waals surface area contributed by atoms with Gasteiger partial charge in [-0.3, -0.25) is 9.52 Å². The highest BCUT2D eigenvalue weighted by atomic mass is 32.2. The molecule has 1 amide bonds. The molecule has 27 heavy (non-hydrogen) atoms. The Morgan fingerprint density at radius 2 is 1.93 bits per heavy atom. The Kier molecular flexibility index (Phi) is 7.37. The van der Waals surface area contributed by atoms with Gasteiger partial charge in [-0.1, -0.05) is 31.5 Å². The number of anilines is 1. The molecule has 0 aliphatic rings. The molecule has 0 unspecified atom stereocenters. The minimum Gasteiger partial charge on any atom is -0.452 e. The number of amides is 1. The second-order valence-corrected chi connectivity index (χ2v) is 8.77. The number of thiophene rings is 1. The predicted molar refractivity (Wildman–Crippen MR) is 104 cm³/mol. The van der Waals surface area contributed by atoms with Gasteiger partial charge in [0.05, 0.1) is 11.3 Å². The van der Waals surface area contributed by atoms with Crippen LogP contribution >= 0.6 is 11.3 Å². The molecule has 0 radical (unpaired) electrons. The fraction of sp³-hybridized carbons (Fsp3) is 0.333. The van der Waals surface area contributed by atoms with Crippen molar-refractivity contribution in [2.24, 2.45) is 0 Å². The van der Waals surface area contributed by atoms with E-state index in [1.165, 1.54) is 18.2 Å². The van der Waals surface area contributed by atoms with Crippen LogP contribution in [0.1, 0.15) is 37.0 Å². The maximum atomic E-state index is 12.4. The summed E-state index contributed by atoms with van der Waals surface area (Å²) in [6, 6.07) is 9.17. The van der Waals surface area contributed by atoms with Crippen molar-refractivity contribution in [2.45, 2.75) is 36.9 Å². The van der Waals surface area contributed by atoms with E-state index in [9.17, 15) is 18.0 Å². The molecule has 2 aromatic rings. The van der Waals surface area contributed by atoms with E-state index < -0.39 is 28.5 Å². The number of ether oxygens (including phenoxy) is 1. The summed E-state index contributed by atoms with van der Waals surface area (Å²) in [5.74, 6) is -1.18. The maximum absolute atomic E-state index is 12.4. The molecule has 7 nitrogen and oxygen atoms in total. The third-order valence-electron chi connectivity index (χ3n) is 3.61. The number of benzene rings is 1. The molecule has 0 saturated carbocycles. The molecule has 1 aromatic carbocycles. The minimum absolute atomic E-state index is 0.00825. The Labute approximate surface area is 162 Å². The smallest absolute Gasteiger partial charge is 0.340 e. The van der Waals surface area contributed by atoms with Crippen LogP contribution in [0.25, 0.3) is 0 Å². The Morgan fingerprint density at radius 3 is 2.59 bits per heavy atom. The predicted octanol–water partition coefficient (Wildman–Crippen LogP) is 3.01. The number of rotatable bonds is 9. The summed E-state index contributed by atoms with van der Waals surface area (Å²) in [7, 11) is -3.80. The summed E-state index contributed by atoms with van der Waals surface area (Å²) in [6.45, 7) is 3.45. The van der Waals surface area contributed by atoms with E-state index in [1.807, 2.05) is 13.8 Å². The van der Waals surface area contributed by atoms with Crippen molar-refractivity contribution in [3.8, 4) is 0 Å². The second kappa shape index (κ2) is 9.52. The lowest BCUT2D eigenvalue weighted by Crippen LogP contribution is -2.35. The maximum Gasteiger partial charge on any atom is 0.340 e. The molecule has 0 spiro atoms. The molecule has 0 saturated heterocycles. The number of carbonyl (C=O) groups is 2. The Bertz CT molecular complexity index is 879. The molecule has 146 valence electrons. The van der Waals surface area contributed by atoms with Gasteiger partial charge in [-0.05, 0) is 36.9 Å². The third kappa shape index (κ3) is 6.07. The van der Waals surface area contributed by atoms with Gasteiger partial charge in [-0.2, -0.15) is 0 Å². The lowest BCUT2D eigenvalue weighted by Gasteiger charge is -2.14. The molecule has 0 aliphatic carbocycles. The van der Waals surface area contributed by atoms with Gasteiger partial charge in [0, 0.05) is 6.04 Å². The van der Waals surface area contributed by atoms with Crippen molar-refractivity contribution in [1.29, 1.82) is 0 Å². The van der Waals surface area contributed by atoms with E-state index in [2.05, 4.69) is 10.0 Å². The van der Waals surface area contributed by atoms with E-state index >= 15 is 0 Å². The van der Waals surface area contributed by atoms with Crippen LogP contribution in [-0.2, 0) is 19.6 Å². The molecule has 2 N–H and O–H groups in total. The van der Waals surface area contributed by atoms with Crippen LogP contribution in [0.2, 0.25) is 0 Å². The quantitative estimate of drug-likeness (QED) is 0.619. The first-order valence-electron chi connectivity index (χ1n) is 8.45. The topological polar surface area (TPSA) is 102 Å². The molecular formula is C18H22N2O5S2. The van der Waals surface area contributed by atoms with Gasteiger partial charge in [0.1, 0.15) is 4.21 Å². The first kappa shape index (κ1) is 20.9. The largest absolute Gasteiger partial charge is 0.452 e. The van der Waals surface area contributed by atoms with Gasteiger partial charge in [0.25, 0.3) is 15.9 Å². The number of nitrogens with one attached hydrogen (secondary N) is 2. The van der Waals surface area contributed by atoms with Crippen LogP contribution in [0.4, 0.5) is 5.69 Å². The molecule has 1 atom stereocenters. The minimum atomic E-state index is -3.80. The summed E-state index contributed by atoms with van der Waals surface area (Å²) in [4.78, 5) is 24.2. The highest BCUT2D eigenvalue weighted by Gasteiger charge is 2.20. The van der Waals surface area contributed by atoms with Gasteiger partial charge >= 0.3 is 5.97 Å². The van der Waals surface area contributed by atoms with E-state index in [-0.39, 0.29) is 21.5 Å². The standard InChI is InChI=1S/C18H22N2O5S2/c1-3-7-13(2)19-16(21)12-25-18(22)14-8-4-5-9-15(14)20-27(23,24)17-10-6-11-26-17/h4-6,8-11,13,20H,3,7,12H2,1-2H3,(H,19,21)/t13-/m0/s1. The first-order valence-corrected chi connectivity index (χ1v) is 10.8. The van der Waals surface area contributed by atoms with Crippen molar-refractivity contribution in [3.63, 3.8) is 0 Å². The molecule has 1 heterocycles. The van der Waals surface area contributed by atoms with Crippen LogP contribution < -0.4 is 10.0 Å². The summed E-state index contributed by atoms with van der Waals surface area (Å²) in [6.07, 6.45) is 1.76. The zero-order chi connectivity index (χ0) is 19.9. The third-order valence-corrected chi connectivity index (χ3v) is 6.38. The van der Waals surface area contributed by atoms with Crippen LogP contribution in [0.3, 0.4) is 0 Å². The van der Waals surface area contributed by atoms with Gasteiger partial charge in [-0.15, -0.1) is 11.3 Å². The monoisotopic (exact) mass is 410 g/mol. The summed E-state index contributed by atoms with van der Waals surface area (Å²) < 4.78 is 32.3. The van der Waals surface area contributed by atoms with Crippen molar-refractivity contribution in [3.05, 3.63) is 47.3 Å². The van der Waals surface area contributed by atoms with Crippen LogP contribution in [0.5, 0.6) is 0 Å². The number of esters is 1. The fourth-order valence-corrected chi connectivity index (χ4v) is 4.46.